The maximum atomic E-state index is 11.5. The van der Waals surface area contributed by atoms with Gasteiger partial charge in [0.15, 0.2) is 5.69 Å². The van der Waals surface area contributed by atoms with Crippen molar-refractivity contribution < 1.29 is 20.1 Å². The van der Waals surface area contributed by atoms with E-state index in [1.165, 1.54) is 19.9 Å². The number of aliphatic hydroxyl groups excluding tert-OH is 1. The van der Waals surface area contributed by atoms with Crippen LogP contribution in [-0.2, 0) is 12.2 Å². The zero-order chi connectivity index (χ0) is 20.4. The summed E-state index contributed by atoms with van der Waals surface area (Å²) in [4.78, 5) is 21.4. The van der Waals surface area contributed by atoms with Crippen molar-refractivity contribution in [3.8, 4) is 0 Å². The summed E-state index contributed by atoms with van der Waals surface area (Å²) >= 11 is 5.92. The molecule has 0 fully saturated rings. The summed E-state index contributed by atoms with van der Waals surface area (Å²) in [6.07, 6.45) is 0. The Labute approximate surface area is 159 Å². The van der Waals surface area contributed by atoms with Crippen molar-refractivity contribution in [1.29, 1.82) is 0 Å². The molecule has 0 aliphatic carbocycles. The van der Waals surface area contributed by atoms with Gasteiger partial charge in [0.25, 0.3) is 5.69 Å². The highest BCUT2D eigenvalue weighted by atomic mass is 35.5. The monoisotopic (exact) mass is 395 g/mol. The molecule has 0 aliphatic heterocycles. The van der Waals surface area contributed by atoms with Crippen LogP contribution in [0.25, 0.3) is 0 Å². The van der Waals surface area contributed by atoms with Crippen LogP contribution < -0.4 is 5.32 Å². The van der Waals surface area contributed by atoms with Gasteiger partial charge < -0.3 is 15.5 Å². The second kappa shape index (κ2) is 7.87. The van der Waals surface area contributed by atoms with Gasteiger partial charge in [-0.25, -0.2) is 0 Å². The number of hydrogen-bond donors (Lipinski definition) is 3. The molecular formula is C17H18ClN3O6. The number of rotatable bonds is 7. The number of aliphatic hydroxyl groups is 2. The molecule has 1 atom stereocenters. The van der Waals surface area contributed by atoms with Crippen LogP contribution in [0.4, 0.5) is 17.1 Å². The molecule has 1 unspecified atom stereocenters. The third-order valence-corrected chi connectivity index (χ3v) is 4.48. The molecule has 0 bridgehead atoms. The quantitative estimate of drug-likeness (QED) is 0.482. The van der Waals surface area contributed by atoms with Gasteiger partial charge in [-0.05, 0) is 37.1 Å². The van der Waals surface area contributed by atoms with E-state index in [2.05, 4.69) is 5.32 Å². The van der Waals surface area contributed by atoms with E-state index in [0.717, 1.165) is 6.07 Å². The van der Waals surface area contributed by atoms with E-state index in [4.69, 9.17) is 11.6 Å². The average molecular weight is 396 g/mol. The first-order valence-corrected chi connectivity index (χ1v) is 8.24. The fraction of sp³-hybridized carbons (Fsp3) is 0.294. The van der Waals surface area contributed by atoms with E-state index in [0.29, 0.717) is 10.6 Å². The summed E-state index contributed by atoms with van der Waals surface area (Å²) in [5.74, 6) is 0. The highest BCUT2D eigenvalue weighted by Crippen LogP contribution is 2.40. The van der Waals surface area contributed by atoms with Crippen LogP contribution in [0, 0.1) is 27.2 Å². The van der Waals surface area contributed by atoms with E-state index in [-0.39, 0.29) is 23.4 Å². The molecule has 27 heavy (non-hydrogen) atoms. The number of anilines is 1. The van der Waals surface area contributed by atoms with Gasteiger partial charge in [-0.3, -0.25) is 20.2 Å². The van der Waals surface area contributed by atoms with Crippen molar-refractivity contribution in [3.63, 3.8) is 0 Å². The summed E-state index contributed by atoms with van der Waals surface area (Å²) in [7, 11) is 0. The number of nitrogens with one attached hydrogen (secondary N) is 1. The van der Waals surface area contributed by atoms with Gasteiger partial charge in [-0.2, -0.15) is 0 Å². The topological polar surface area (TPSA) is 139 Å². The molecule has 10 heteroatoms. The van der Waals surface area contributed by atoms with Crippen molar-refractivity contribution in [2.24, 2.45) is 0 Å². The molecule has 0 aromatic heterocycles. The maximum Gasteiger partial charge on any atom is 0.302 e. The minimum Gasteiger partial charge on any atom is -0.392 e. The Balaban J connectivity index is 2.50. The lowest BCUT2D eigenvalue weighted by Gasteiger charge is -2.25. The van der Waals surface area contributed by atoms with Gasteiger partial charge in [-0.15, -0.1) is 0 Å². The Kier molecular flexibility index (Phi) is 5.99. The first kappa shape index (κ1) is 20.6. The lowest BCUT2D eigenvalue weighted by Crippen LogP contribution is -2.31. The van der Waals surface area contributed by atoms with Crippen LogP contribution in [0.1, 0.15) is 23.6 Å². The van der Waals surface area contributed by atoms with E-state index in [1.54, 1.807) is 18.2 Å². The molecule has 2 rings (SSSR count). The first-order valence-electron chi connectivity index (χ1n) is 7.87. The number of nitro groups is 2. The Bertz CT molecular complexity index is 900. The van der Waals surface area contributed by atoms with Crippen LogP contribution in [-0.4, -0.2) is 26.6 Å². The van der Waals surface area contributed by atoms with E-state index >= 15 is 0 Å². The number of nitro benzene ring substituents is 2. The minimum absolute atomic E-state index is 0.0838. The number of benzene rings is 2. The molecule has 2 aromatic rings. The minimum atomic E-state index is -1.50. The van der Waals surface area contributed by atoms with Crippen LogP contribution >= 0.6 is 11.6 Å². The predicted octanol–water partition coefficient (Wildman–Crippen LogP) is 3.28. The Hall–Kier alpha value is -2.75. The molecule has 0 radical (unpaired) electrons. The predicted molar refractivity (Wildman–Crippen MR) is 99.9 cm³/mol. The third kappa shape index (κ3) is 4.33. The van der Waals surface area contributed by atoms with Gasteiger partial charge in [0.2, 0.25) is 0 Å². The van der Waals surface area contributed by atoms with Crippen molar-refractivity contribution in [2.75, 3.05) is 11.9 Å². The van der Waals surface area contributed by atoms with E-state index in [9.17, 15) is 30.4 Å². The smallest absolute Gasteiger partial charge is 0.302 e. The molecule has 144 valence electrons. The van der Waals surface area contributed by atoms with Crippen molar-refractivity contribution in [1.82, 2.24) is 0 Å². The third-order valence-electron chi connectivity index (χ3n) is 4.25. The van der Waals surface area contributed by atoms with Crippen molar-refractivity contribution in [2.45, 2.75) is 26.1 Å². The van der Waals surface area contributed by atoms with E-state index < -0.39 is 33.4 Å². The lowest BCUT2D eigenvalue weighted by molar-refractivity contribution is -0.392. The van der Waals surface area contributed by atoms with Crippen molar-refractivity contribution in [3.05, 3.63) is 72.3 Å². The van der Waals surface area contributed by atoms with Gasteiger partial charge in [0.05, 0.1) is 16.5 Å². The largest absolute Gasteiger partial charge is 0.392 e. The number of hydrogen-bond acceptors (Lipinski definition) is 7. The molecule has 9 nitrogen and oxygen atoms in total. The molecular weight excluding hydrogens is 378 g/mol. The van der Waals surface area contributed by atoms with Crippen LogP contribution in [0.3, 0.4) is 0 Å². The summed E-state index contributed by atoms with van der Waals surface area (Å²) in [5.41, 5.74) is -2.28. The zero-order valence-electron chi connectivity index (χ0n) is 14.6. The fourth-order valence-electron chi connectivity index (χ4n) is 2.70. The highest BCUT2D eigenvalue weighted by molar-refractivity contribution is 6.30. The highest BCUT2D eigenvalue weighted by Gasteiger charge is 2.32. The zero-order valence-corrected chi connectivity index (χ0v) is 15.4. The van der Waals surface area contributed by atoms with E-state index in [1.807, 2.05) is 0 Å². The molecule has 0 saturated heterocycles. The Morgan fingerprint density at radius 3 is 2.41 bits per heavy atom. The Morgan fingerprint density at radius 2 is 1.89 bits per heavy atom. The van der Waals surface area contributed by atoms with Crippen molar-refractivity contribution >= 4 is 28.7 Å². The summed E-state index contributed by atoms with van der Waals surface area (Å²) in [6, 6.07) is 7.50. The fourth-order valence-corrected chi connectivity index (χ4v) is 2.89. The Morgan fingerprint density at radius 1 is 1.22 bits per heavy atom. The van der Waals surface area contributed by atoms with Crippen LogP contribution in [0.2, 0.25) is 5.02 Å². The summed E-state index contributed by atoms with van der Waals surface area (Å²) in [6.45, 7) is 2.03. The molecule has 0 amide bonds. The summed E-state index contributed by atoms with van der Waals surface area (Å²) < 4.78 is 0. The molecule has 0 aliphatic rings. The van der Waals surface area contributed by atoms with Crippen LogP contribution in [0.5, 0.6) is 0 Å². The lowest BCUT2D eigenvalue weighted by atomic mass is 9.95. The molecule has 0 saturated carbocycles. The maximum absolute atomic E-state index is 11.5. The number of halogens is 1. The second-order valence-corrected chi connectivity index (χ2v) is 6.65. The normalized spacial score (nSPS) is 13.1. The molecule has 0 spiro atoms. The van der Waals surface area contributed by atoms with Gasteiger partial charge >= 0.3 is 5.69 Å². The standard InChI is InChI=1S/C17H18ClN3O6/c1-10-11(8-22)6-14(20(24)25)15(16(10)21(26)27)19-9-17(2,23)12-4-3-5-13(18)7-12/h3-7,19,22-23H,8-9H2,1-2H3. The first-order chi connectivity index (χ1) is 12.6. The number of nitrogens with zero attached hydrogens (tertiary/aromatic N) is 2. The summed E-state index contributed by atoms with van der Waals surface area (Å²) in [5, 5.41) is 46.0. The molecule has 2 aromatic carbocycles. The van der Waals surface area contributed by atoms with Gasteiger partial charge in [-0.1, -0.05) is 23.7 Å². The second-order valence-electron chi connectivity index (χ2n) is 6.21. The van der Waals surface area contributed by atoms with Gasteiger partial charge in [0.1, 0.15) is 5.60 Å². The molecule has 3 N–H and O–H groups in total. The van der Waals surface area contributed by atoms with Crippen LogP contribution in [0.15, 0.2) is 30.3 Å². The SMILES string of the molecule is Cc1c(CO)cc([N+](=O)[O-])c(NCC(C)(O)c2cccc(Cl)c2)c1[N+](=O)[O-]. The average Bonchev–Trinajstić information content (AvgIpc) is 2.59. The molecule has 0 heterocycles. The van der Waals surface area contributed by atoms with Gasteiger partial charge in [0, 0.05) is 23.2 Å².